The molecule has 2 aromatic rings. The van der Waals surface area contributed by atoms with E-state index in [0.29, 0.717) is 16.1 Å². The SMILES string of the molecule is O=C(NC1(c2ncn[nH]2)CCC1)c1coc(Br)c1. The Morgan fingerprint density at radius 2 is 2.39 bits per heavy atom. The molecule has 7 heteroatoms. The molecule has 18 heavy (non-hydrogen) atoms. The third-order valence-corrected chi connectivity index (χ3v) is 3.67. The second kappa shape index (κ2) is 4.24. The van der Waals surface area contributed by atoms with Gasteiger partial charge in [-0.15, -0.1) is 0 Å². The second-order valence-corrected chi connectivity index (χ2v) is 5.14. The van der Waals surface area contributed by atoms with E-state index in [2.05, 4.69) is 36.4 Å². The Kier molecular flexibility index (Phi) is 2.70. The van der Waals surface area contributed by atoms with E-state index in [1.54, 1.807) is 6.07 Å². The summed E-state index contributed by atoms with van der Waals surface area (Å²) in [5.41, 5.74) is 0.0878. The van der Waals surface area contributed by atoms with Gasteiger partial charge in [-0.1, -0.05) is 0 Å². The van der Waals surface area contributed by atoms with Crippen LogP contribution in [0.1, 0.15) is 35.4 Å². The van der Waals surface area contributed by atoms with Crippen LogP contribution in [-0.2, 0) is 5.54 Å². The Hall–Kier alpha value is -1.63. The summed E-state index contributed by atoms with van der Waals surface area (Å²) < 4.78 is 5.60. The smallest absolute Gasteiger partial charge is 0.255 e. The fourth-order valence-electron chi connectivity index (χ4n) is 2.11. The van der Waals surface area contributed by atoms with Crippen molar-refractivity contribution in [2.75, 3.05) is 0 Å². The second-order valence-electron chi connectivity index (χ2n) is 4.36. The van der Waals surface area contributed by atoms with Crippen LogP contribution in [0.5, 0.6) is 0 Å². The summed E-state index contributed by atoms with van der Waals surface area (Å²) in [5, 5.41) is 9.68. The highest BCUT2D eigenvalue weighted by Gasteiger charge is 2.42. The Morgan fingerprint density at radius 1 is 1.56 bits per heavy atom. The van der Waals surface area contributed by atoms with Gasteiger partial charge in [-0.25, -0.2) is 4.98 Å². The molecule has 2 N–H and O–H groups in total. The average molecular weight is 311 g/mol. The van der Waals surface area contributed by atoms with Gasteiger partial charge in [0.15, 0.2) is 4.67 Å². The topological polar surface area (TPSA) is 83.8 Å². The van der Waals surface area contributed by atoms with Gasteiger partial charge in [0.05, 0.1) is 11.1 Å². The third kappa shape index (κ3) is 1.84. The average Bonchev–Trinajstić information content (AvgIpc) is 2.93. The van der Waals surface area contributed by atoms with E-state index in [1.807, 2.05) is 0 Å². The Morgan fingerprint density at radius 3 is 2.89 bits per heavy atom. The number of nitrogens with zero attached hydrogens (tertiary/aromatic N) is 2. The van der Waals surface area contributed by atoms with Crippen LogP contribution in [0.3, 0.4) is 0 Å². The van der Waals surface area contributed by atoms with Crippen LogP contribution >= 0.6 is 15.9 Å². The zero-order chi connectivity index (χ0) is 12.6. The van der Waals surface area contributed by atoms with Gasteiger partial charge in [0.2, 0.25) is 0 Å². The minimum absolute atomic E-state index is 0.166. The Labute approximate surface area is 111 Å². The van der Waals surface area contributed by atoms with Gasteiger partial charge >= 0.3 is 0 Å². The molecular weight excluding hydrogens is 300 g/mol. The summed E-state index contributed by atoms with van der Waals surface area (Å²) in [6, 6.07) is 1.64. The summed E-state index contributed by atoms with van der Waals surface area (Å²) >= 11 is 3.17. The monoisotopic (exact) mass is 310 g/mol. The van der Waals surface area contributed by atoms with Crippen LogP contribution in [0.4, 0.5) is 0 Å². The molecule has 0 aliphatic heterocycles. The van der Waals surface area contributed by atoms with Crippen LogP contribution < -0.4 is 5.32 Å². The van der Waals surface area contributed by atoms with Crippen LogP contribution in [0.25, 0.3) is 0 Å². The van der Waals surface area contributed by atoms with E-state index >= 15 is 0 Å². The quantitative estimate of drug-likeness (QED) is 0.907. The number of rotatable bonds is 3. The van der Waals surface area contributed by atoms with Crippen LogP contribution in [0.15, 0.2) is 27.7 Å². The van der Waals surface area contributed by atoms with Gasteiger partial charge < -0.3 is 9.73 Å². The fraction of sp³-hybridized carbons (Fsp3) is 0.364. The Bertz CT molecular complexity index is 559. The molecule has 1 aliphatic rings. The molecule has 0 aromatic carbocycles. The first-order chi connectivity index (χ1) is 8.70. The first-order valence-electron chi connectivity index (χ1n) is 5.62. The first-order valence-corrected chi connectivity index (χ1v) is 6.41. The summed E-state index contributed by atoms with van der Waals surface area (Å²) in [6.45, 7) is 0. The predicted octanol–water partition coefficient (Wildman–Crippen LogP) is 1.97. The number of aromatic amines is 1. The maximum atomic E-state index is 12.1. The van der Waals surface area contributed by atoms with E-state index in [-0.39, 0.29) is 5.91 Å². The number of nitrogens with one attached hydrogen (secondary N) is 2. The van der Waals surface area contributed by atoms with Crippen molar-refractivity contribution in [2.24, 2.45) is 0 Å². The van der Waals surface area contributed by atoms with Gasteiger partial charge in [-0.05, 0) is 35.2 Å². The molecule has 0 saturated heterocycles. The molecule has 1 fully saturated rings. The van der Waals surface area contributed by atoms with Gasteiger partial charge in [-0.3, -0.25) is 9.89 Å². The van der Waals surface area contributed by atoms with Crippen molar-refractivity contribution in [2.45, 2.75) is 24.8 Å². The summed E-state index contributed by atoms with van der Waals surface area (Å²) in [4.78, 5) is 16.3. The van der Waals surface area contributed by atoms with Gasteiger partial charge in [0, 0.05) is 6.07 Å². The molecular formula is C11H11BrN4O2. The zero-order valence-electron chi connectivity index (χ0n) is 9.44. The van der Waals surface area contributed by atoms with Crippen LogP contribution in [0.2, 0.25) is 0 Å². The molecule has 2 aromatic heterocycles. The number of hydrogen-bond donors (Lipinski definition) is 2. The predicted molar refractivity (Wildman–Crippen MR) is 65.8 cm³/mol. The summed E-state index contributed by atoms with van der Waals surface area (Å²) in [7, 11) is 0. The number of H-pyrrole nitrogens is 1. The standard InChI is InChI=1S/C11H11BrN4O2/c12-8-4-7(5-18-8)9(17)15-11(2-1-3-11)10-13-6-14-16-10/h4-6H,1-3H2,(H,15,17)(H,13,14,16). The number of furan rings is 1. The van der Waals surface area contributed by atoms with Crippen LogP contribution in [-0.4, -0.2) is 21.1 Å². The number of halogens is 1. The fourth-order valence-corrected chi connectivity index (χ4v) is 2.45. The number of carbonyl (C=O) groups excluding carboxylic acids is 1. The van der Waals surface area contributed by atoms with Crippen LogP contribution in [0, 0.1) is 0 Å². The highest BCUT2D eigenvalue weighted by Crippen LogP contribution is 2.39. The van der Waals surface area contributed by atoms with Gasteiger partial charge in [0.25, 0.3) is 5.91 Å². The van der Waals surface area contributed by atoms with Crippen molar-refractivity contribution in [3.05, 3.63) is 34.7 Å². The van der Waals surface area contributed by atoms with Crippen molar-refractivity contribution in [3.63, 3.8) is 0 Å². The zero-order valence-corrected chi connectivity index (χ0v) is 11.0. The molecule has 6 nitrogen and oxygen atoms in total. The minimum Gasteiger partial charge on any atom is -0.457 e. The van der Waals surface area contributed by atoms with Crippen molar-refractivity contribution < 1.29 is 9.21 Å². The largest absolute Gasteiger partial charge is 0.457 e. The van der Waals surface area contributed by atoms with Gasteiger partial charge in [-0.2, -0.15) is 5.10 Å². The van der Waals surface area contributed by atoms with Gasteiger partial charge in [0.1, 0.15) is 18.4 Å². The molecule has 1 aliphatic carbocycles. The lowest BCUT2D eigenvalue weighted by Gasteiger charge is -2.40. The molecule has 0 unspecified atom stereocenters. The molecule has 0 radical (unpaired) electrons. The lowest BCUT2D eigenvalue weighted by Crippen LogP contribution is -2.51. The Balaban J connectivity index is 1.81. The van der Waals surface area contributed by atoms with Crippen molar-refractivity contribution >= 4 is 21.8 Å². The molecule has 1 amide bonds. The van der Waals surface area contributed by atoms with Crippen molar-refractivity contribution in [1.82, 2.24) is 20.5 Å². The van der Waals surface area contributed by atoms with E-state index in [4.69, 9.17) is 4.42 Å². The minimum atomic E-state index is -0.405. The molecule has 94 valence electrons. The first kappa shape index (κ1) is 11.5. The normalized spacial score (nSPS) is 17.2. The highest BCUT2D eigenvalue weighted by molar-refractivity contribution is 9.10. The third-order valence-electron chi connectivity index (χ3n) is 3.26. The van der Waals surface area contributed by atoms with E-state index in [9.17, 15) is 4.79 Å². The highest BCUT2D eigenvalue weighted by atomic mass is 79.9. The lowest BCUT2D eigenvalue weighted by atomic mass is 9.76. The number of carbonyl (C=O) groups is 1. The number of hydrogen-bond acceptors (Lipinski definition) is 4. The summed E-state index contributed by atoms with van der Waals surface area (Å²) in [5.74, 6) is 0.546. The lowest BCUT2D eigenvalue weighted by molar-refractivity contribution is 0.0809. The van der Waals surface area contributed by atoms with E-state index in [0.717, 1.165) is 19.3 Å². The van der Waals surface area contributed by atoms with Crippen molar-refractivity contribution in [1.29, 1.82) is 0 Å². The summed E-state index contributed by atoms with van der Waals surface area (Å²) in [6.07, 6.45) is 5.68. The molecule has 0 atom stereocenters. The van der Waals surface area contributed by atoms with E-state index in [1.165, 1.54) is 12.6 Å². The maximum absolute atomic E-state index is 12.1. The number of amides is 1. The van der Waals surface area contributed by atoms with E-state index < -0.39 is 5.54 Å². The van der Waals surface area contributed by atoms with Crippen molar-refractivity contribution in [3.8, 4) is 0 Å². The number of aromatic nitrogens is 3. The molecule has 1 saturated carbocycles. The molecule has 2 heterocycles. The molecule has 0 bridgehead atoms. The maximum Gasteiger partial charge on any atom is 0.255 e. The molecule has 0 spiro atoms. The molecule has 3 rings (SSSR count).